The van der Waals surface area contributed by atoms with Crippen LogP contribution in [0.15, 0.2) is 36.7 Å². The van der Waals surface area contributed by atoms with Crippen molar-refractivity contribution >= 4 is 5.95 Å². The van der Waals surface area contributed by atoms with Crippen molar-refractivity contribution < 1.29 is 17.9 Å². The summed E-state index contributed by atoms with van der Waals surface area (Å²) in [5, 5.41) is 6.95. The van der Waals surface area contributed by atoms with E-state index in [1.54, 1.807) is 0 Å². The fourth-order valence-electron chi connectivity index (χ4n) is 4.16. The largest absolute Gasteiger partial charge is 0.492 e. The Balaban J connectivity index is 1.35. The van der Waals surface area contributed by atoms with E-state index in [1.807, 2.05) is 30.3 Å². The number of rotatable bonds is 5. The number of benzene rings is 1. The summed E-state index contributed by atoms with van der Waals surface area (Å²) in [4.78, 5) is 6.25. The fraction of sp³-hybridized carbons (Fsp3) is 0.579. The highest BCUT2D eigenvalue weighted by Gasteiger charge is 2.48. The highest BCUT2D eigenvalue weighted by molar-refractivity contribution is 5.30. The van der Waals surface area contributed by atoms with E-state index < -0.39 is 12.2 Å². The van der Waals surface area contributed by atoms with Gasteiger partial charge in [-0.1, -0.05) is 18.2 Å². The SMILES string of the molecule is FC(F)(F)[C@H]1C[C@@H](C2CCCN(CCOc3ccccc3)C2)Nc2ncnn21. The second-order valence-electron chi connectivity index (χ2n) is 7.44. The van der Waals surface area contributed by atoms with Crippen molar-refractivity contribution in [3.63, 3.8) is 0 Å². The van der Waals surface area contributed by atoms with Crippen LogP contribution in [-0.2, 0) is 0 Å². The quantitative estimate of drug-likeness (QED) is 0.842. The van der Waals surface area contributed by atoms with Gasteiger partial charge in [0.15, 0.2) is 6.04 Å². The third kappa shape index (κ3) is 4.24. The lowest BCUT2D eigenvalue weighted by Crippen LogP contribution is -2.48. The van der Waals surface area contributed by atoms with E-state index in [1.165, 1.54) is 6.33 Å². The molecule has 1 aromatic carbocycles. The van der Waals surface area contributed by atoms with Gasteiger partial charge in [0.2, 0.25) is 5.95 Å². The predicted molar refractivity (Wildman–Crippen MR) is 98.2 cm³/mol. The number of ether oxygens (including phenoxy) is 1. The lowest BCUT2D eigenvalue weighted by Gasteiger charge is -2.41. The van der Waals surface area contributed by atoms with Crippen LogP contribution in [-0.4, -0.2) is 58.1 Å². The summed E-state index contributed by atoms with van der Waals surface area (Å²) < 4.78 is 47.2. The Bertz CT molecular complexity index is 766. The molecular weight excluding hydrogens is 371 g/mol. The third-order valence-corrected chi connectivity index (χ3v) is 5.57. The fourth-order valence-corrected chi connectivity index (χ4v) is 4.16. The Morgan fingerprint density at radius 2 is 2.04 bits per heavy atom. The summed E-state index contributed by atoms with van der Waals surface area (Å²) >= 11 is 0. The lowest BCUT2D eigenvalue weighted by atomic mass is 9.86. The van der Waals surface area contributed by atoms with Crippen LogP contribution >= 0.6 is 0 Å². The van der Waals surface area contributed by atoms with Crippen LogP contribution in [0, 0.1) is 5.92 Å². The molecule has 2 aliphatic heterocycles. The standard InChI is InChI=1S/C19H24F3N5O/c20-19(21,22)17-11-16(25-18-23-13-24-27(17)18)14-5-4-8-26(12-14)9-10-28-15-6-2-1-3-7-15/h1-3,6-7,13-14,16-17H,4-5,8-12H2,(H,23,24,25)/t14?,16-,17+/m0/s1. The molecule has 1 N–H and O–H groups in total. The van der Waals surface area contributed by atoms with Gasteiger partial charge in [-0.05, 0) is 43.9 Å². The molecule has 0 amide bonds. The van der Waals surface area contributed by atoms with E-state index in [0.717, 1.165) is 42.9 Å². The van der Waals surface area contributed by atoms with Gasteiger partial charge >= 0.3 is 6.18 Å². The molecule has 3 atom stereocenters. The van der Waals surface area contributed by atoms with E-state index in [-0.39, 0.29) is 24.3 Å². The molecule has 1 saturated heterocycles. The van der Waals surface area contributed by atoms with Crippen molar-refractivity contribution in [3.05, 3.63) is 36.7 Å². The summed E-state index contributed by atoms with van der Waals surface area (Å²) in [5.41, 5.74) is 0. The van der Waals surface area contributed by atoms with Crippen LogP contribution in [0.25, 0.3) is 0 Å². The molecule has 1 unspecified atom stereocenters. The third-order valence-electron chi connectivity index (χ3n) is 5.57. The van der Waals surface area contributed by atoms with Gasteiger partial charge in [0.05, 0.1) is 0 Å². The molecule has 0 saturated carbocycles. The average Bonchev–Trinajstić information content (AvgIpc) is 3.16. The maximum atomic E-state index is 13.5. The first-order valence-electron chi connectivity index (χ1n) is 9.63. The first kappa shape index (κ1) is 19.0. The summed E-state index contributed by atoms with van der Waals surface area (Å²) in [6.07, 6.45) is -1.29. The maximum absolute atomic E-state index is 13.5. The Kier molecular flexibility index (Phi) is 5.43. The van der Waals surface area contributed by atoms with Gasteiger partial charge in [0.25, 0.3) is 0 Å². The first-order chi connectivity index (χ1) is 13.5. The number of nitrogens with one attached hydrogen (secondary N) is 1. The van der Waals surface area contributed by atoms with Gasteiger partial charge in [-0.2, -0.15) is 23.3 Å². The van der Waals surface area contributed by atoms with Crippen LogP contribution in [0.2, 0.25) is 0 Å². The molecule has 2 aliphatic rings. The summed E-state index contributed by atoms with van der Waals surface area (Å²) in [6, 6.07) is 7.74. The molecule has 0 aliphatic carbocycles. The van der Waals surface area contributed by atoms with Crippen LogP contribution in [0.5, 0.6) is 5.75 Å². The Morgan fingerprint density at radius 1 is 1.21 bits per heavy atom. The van der Waals surface area contributed by atoms with Crippen molar-refractivity contribution in [2.75, 3.05) is 31.6 Å². The van der Waals surface area contributed by atoms with Crippen molar-refractivity contribution in [1.29, 1.82) is 0 Å². The molecule has 28 heavy (non-hydrogen) atoms. The molecule has 0 bridgehead atoms. The first-order valence-corrected chi connectivity index (χ1v) is 9.63. The van der Waals surface area contributed by atoms with Crippen LogP contribution in [0.4, 0.5) is 19.1 Å². The number of piperidine rings is 1. The number of para-hydroxylation sites is 1. The minimum Gasteiger partial charge on any atom is -0.492 e. The molecule has 2 aromatic rings. The molecule has 1 fully saturated rings. The topological polar surface area (TPSA) is 55.2 Å². The number of halogens is 3. The summed E-state index contributed by atoms with van der Waals surface area (Å²) in [6.45, 7) is 3.03. The zero-order valence-corrected chi connectivity index (χ0v) is 15.5. The van der Waals surface area contributed by atoms with Gasteiger partial charge < -0.3 is 10.1 Å². The average molecular weight is 395 g/mol. The number of aromatic nitrogens is 3. The van der Waals surface area contributed by atoms with Gasteiger partial charge in [-0.3, -0.25) is 4.90 Å². The molecule has 1 aromatic heterocycles. The van der Waals surface area contributed by atoms with Gasteiger partial charge in [0, 0.05) is 19.1 Å². The predicted octanol–water partition coefficient (Wildman–Crippen LogP) is 3.36. The molecule has 6 nitrogen and oxygen atoms in total. The molecule has 4 rings (SSSR count). The highest BCUT2D eigenvalue weighted by atomic mass is 19.4. The highest BCUT2D eigenvalue weighted by Crippen LogP contribution is 2.40. The molecule has 9 heteroatoms. The van der Waals surface area contributed by atoms with Gasteiger partial charge in [0.1, 0.15) is 18.7 Å². The minimum atomic E-state index is -4.33. The van der Waals surface area contributed by atoms with E-state index in [0.29, 0.717) is 6.61 Å². The normalized spacial score (nSPS) is 25.8. The van der Waals surface area contributed by atoms with Crippen molar-refractivity contribution in [3.8, 4) is 5.75 Å². The number of anilines is 1. The molecule has 0 spiro atoms. The van der Waals surface area contributed by atoms with E-state index >= 15 is 0 Å². The number of alkyl halides is 3. The number of fused-ring (bicyclic) bond motifs is 1. The number of likely N-dealkylation sites (tertiary alicyclic amines) is 1. The zero-order valence-electron chi connectivity index (χ0n) is 15.5. The smallest absolute Gasteiger partial charge is 0.411 e. The van der Waals surface area contributed by atoms with Crippen LogP contribution in [0.1, 0.15) is 25.3 Å². The molecular formula is C19H24F3N5O. The number of hydrogen-bond acceptors (Lipinski definition) is 5. The summed E-state index contributed by atoms with van der Waals surface area (Å²) in [5.74, 6) is 1.18. The van der Waals surface area contributed by atoms with E-state index in [4.69, 9.17) is 4.74 Å². The summed E-state index contributed by atoms with van der Waals surface area (Å²) in [7, 11) is 0. The molecule has 152 valence electrons. The Hall–Kier alpha value is -2.29. The van der Waals surface area contributed by atoms with E-state index in [2.05, 4.69) is 20.3 Å². The van der Waals surface area contributed by atoms with E-state index in [9.17, 15) is 13.2 Å². The van der Waals surface area contributed by atoms with Crippen molar-refractivity contribution in [2.45, 2.75) is 37.5 Å². The molecule has 0 radical (unpaired) electrons. The number of hydrogen-bond donors (Lipinski definition) is 1. The van der Waals surface area contributed by atoms with Gasteiger partial charge in [-0.25, -0.2) is 4.68 Å². The Labute approximate surface area is 161 Å². The monoisotopic (exact) mass is 395 g/mol. The Morgan fingerprint density at radius 3 is 2.82 bits per heavy atom. The van der Waals surface area contributed by atoms with Crippen LogP contribution < -0.4 is 10.1 Å². The van der Waals surface area contributed by atoms with Gasteiger partial charge in [-0.15, -0.1) is 0 Å². The lowest BCUT2D eigenvalue weighted by molar-refractivity contribution is -0.174. The second-order valence-corrected chi connectivity index (χ2v) is 7.44. The zero-order chi connectivity index (χ0) is 19.6. The van der Waals surface area contributed by atoms with Crippen LogP contribution in [0.3, 0.4) is 0 Å². The molecule has 3 heterocycles. The van der Waals surface area contributed by atoms with Crippen molar-refractivity contribution in [2.24, 2.45) is 5.92 Å². The maximum Gasteiger partial charge on any atom is 0.411 e. The minimum absolute atomic E-state index is 0.0150. The second kappa shape index (κ2) is 7.98. The van der Waals surface area contributed by atoms with Crippen molar-refractivity contribution in [1.82, 2.24) is 19.7 Å². The number of nitrogens with zero attached hydrogens (tertiary/aromatic N) is 4.